The summed E-state index contributed by atoms with van der Waals surface area (Å²) in [5.41, 5.74) is 0.639. The normalized spacial score (nSPS) is 15.4. The molecular formula is C16H33NO3Si. The van der Waals surface area contributed by atoms with E-state index in [1.807, 2.05) is 0 Å². The number of aliphatic hydroxyl groups is 1. The van der Waals surface area contributed by atoms with Crippen LogP contribution >= 0.6 is 0 Å². The van der Waals surface area contributed by atoms with E-state index in [1.54, 1.807) is 6.92 Å². The Bertz CT molecular complexity index is 361. The Kier molecular flexibility index (Phi) is 7.85. The largest absolute Gasteiger partial charge is 0.389 e. The van der Waals surface area contributed by atoms with Crippen LogP contribution in [-0.2, 0) is 9.53 Å². The van der Waals surface area contributed by atoms with Gasteiger partial charge < -0.3 is 15.2 Å². The summed E-state index contributed by atoms with van der Waals surface area (Å²) in [5.74, 6) is -0.231. The van der Waals surface area contributed by atoms with Crippen LogP contribution < -0.4 is 5.32 Å². The van der Waals surface area contributed by atoms with Crippen LogP contribution in [-0.4, -0.2) is 44.1 Å². The van der Waals surface area contributed by atoms with E-state index >= 15 is 0 Å². The Morgan fingerprint density at radius 2 is 1.90 bits per heavy atom. The molecule has 2 N–H and O–H groups in total. The molecule has 0 aliphatic rings. The molecule has 0 radical (unpaired) electrons. The van der Waals surface area contributed by atoms with Gasteiger partial charge >= 0.3 is 0 Å². The average molecular weight is 316 g/mol. The summed E-state index contributed by atoms with van der Waals surface area (Å²) < 4.78 is 5.98. The van der Waals surface area contributed by atoms with Crippen LogP contribution in [0.3, 0.4) is 0 Å². The molecule has 0 heterocycles. The lowest BCUT2D eigenvalue weighted by atomic mass is 10.2. The summed E-state index contributed by atoms with van der Waals surface area (Å²) >= 11 is 0. The summed E-state index contributed by atoms with van der Waals surface area (Å²) in [6.45, 7) is 19.2. The van der Waals surface area contributed by atoms with Gasteiger partial charge in [-0.3, -0.25) is 4.79 Å². The third kappa shape index (κ3) is 6.32. The molecule has 0 aromatic carbocycles. The highest BCUT2D eigenvalue weighted by atomic mass is 28.3. The van der Waals surface area contributed by atoms with Gasteiger partial charge in [-0.15, -0.1) is 0 Å². The Balaban J connectivity index is 4.41. The predicted molar refractivity (Wildman–Crippen MR) is 91.1 cm³/mol. The number of hydrogen-bond donors (Lipinski definition) is 2. The van der Waals surface area contributed by atoms with Crippen molar-refractivity contribution in [3.8, 4) is 0 Å². The number of aliphatic hydroxyl groups excluding tert-OH is 1. The molecule has 0 saturated heterocycles. The molecule has 0 fully saturated rings. The lowest BCUT2D eigenvalue weighted by Gasteiger charge is -2.42. The molecule has 0 bridgehead atoms. The van der Waals surface area contributed by atoms with Crippen molar-refractivity contribution in [1.82, 2.24) is 5.32 Å². The topological polar surface area (TPSA) is 58.6 Å². The van der Waals surface area contributed by atoms with Crippen LogP contribution in [0.4, 0.5) is 0 Å². The summed E-state index contributed by atoms with van der Waals surface area (Å²) in [4.78, 5) is 11.4. The van der Waals surface area contributed by atoms with Gasteiger partial charge in [-0.1, -0.05) is 47.4 Å². The predicted octanol–water partition coefficient (Wildman–Crippen LogP) is 2.88. The lowest BCUT2D eigenvalue weighted by molar-refractivity contribution is -0.118. The van der Waals surface area contributed by atoms with E-state index < -0.39 is 14.2 Å². The van der Waals surface area contributed by atoms with Crippen molar-refractivity contribution in [2.24, 2.45) is 0 Å². The molecule has 0 aromatic rings. The van der Waals surface area contributed by atoms with E-state index in [1.165, 1.54) is 0 Å². The fourth-order valence-corrected chi connectivity index (χ4v) is 4.47. The van der Waals surface area contributed by atoms with Crippen LogP contribution in [0.1, 0.15) is 41.0 Å². The molecule has 0 saturated carbocycles. The van der Waals surface area contributed by atoms with E-state index in [4.69, 9.17) is 4.74 Å². The number of amides is 1. The van der Waals surface area contributed by atoms with Crippen molar-refractivity contribution in [1.29, 1.82) is 0 Å². The van der Waals surface area contributed by atoms with Crippen molar-refractivity contribution in [2.45, 2.75) is 71.0 Å². The van der Waals surface area contributed by atoms with Crippen molar-refractivity contribution >= 4 is 14.0 Å². The zero-order chi connectivity index (χ0) is 16.8. The Morgan fingerprint density at radius 3 is 2.29 bits per heavy atom. The van der Waals surface area contributed by atoms with Crippen molar-refractivity contribution < 1.29 is 14.6 Å². The zero-order valence-electron chi connectivity index (χ0n) is 14.7. The van der Waals surface area contributed by atoms with Crippen molar-refractivity contribution in [3.05, 3.63) is 12.2 Å². The summed E-state index contributed by atoms with van der Waals surface area (Å²) in [6.07, 6.45) is 0.258. The second-order valence-electron chi connectivity index (χ2n) is 7.35. The Morgan fingerprint density at radius 1 is 1.38 bits per heavy atom. The van der Waals surface area contributed by atoms with Gasteiger partial charge in [0.2, 0.25) is 5.91 Å². The van der Waals surface area contributed by atoms with Crippen LogP contribution in [0.25, 0.3) is 0 Å². The summed E-state index contributed by atoms with van der Waals surface area (Å²) in [6, 6.07) is 0. The number of nitrogens with one attached hydrogen (secondary N) is 1. The maximum absolute atomic E-state index is 11.4. The molecule has 4 nitrogen and oxygen atoms in total. The van der Waals surface area contributed by atoms with Crippen LogP contribution in [0.15, 0.2) is 12.2 Å². The second kappa shape index (κ2) is 8.10. The number of carbonyl (C=O) groups is 1. The highest BCUT2D eigenvalue weighted by Gasteiger charge is 2.42. The first-order valence-electron chi connectivity index (χ1n) is 7.66. The molecule has 5 heteroatoms. The second-order valence-corrected chi connectivity index (χ2v) is 12.9. The van der Waals surface area contributed by atoms with Gasteiger partial charge in [-0.2, -0.15) is 0 Å². The lowest BCUT2D eigenvalue weighted by Crippen LogP contribution is -2.51. The zero-order valence-corrected chi connectivity index (χ0v) is 15.7. The van der Waals surface area contributed by atoms with Gasteiger partial charge in [0.25, 0.3) is 0 Å². The smallest absolute Gasteiger partial charge is 0.246 e. The third-order valence-electron chi connectivity index (χ3n) is 4.48. The quantitative estimate of drug-likeness (QED) is 0.535. The van der Waals surface area contributed by atoms with Gasteiger partial charge in [0, 0.05) is 17.8 Å². The van der Waals surface area contributed by atoms with Gasteiger partial charge in [0.05, 0.1) is 20.8 Å². The molecule has 0 spiro atoms. The fraction of sp³-hybridized carbons (Fsp3) is 0.812. The average Bonchev–Trinajstić information content (AvgIpc) is 2.34. The standard InChI is InChI=1S/C16H33NO3Si/c1-9-14(21(7,8)16(4,5)6)20-11-13(18)10-17-15(19)12(2)3/h13-14,18H,2,9-11H2,1,3-8H3,(H,17,19). The minimum atomic E-state index is -1.60. The number of rotatable bonds is 8. The molecule has 2 unspecified atom stereocenters. The molecular weight excluding hydrogens is 282 g/mol. The highest BCUT2D eigenvalue weighted by Crippen LogP contribution is 2.40. The van der Waals surface area contributed by atoms with Crippen LogP contribution in [0, 0.1) is 0 Å². The maximum atomic E-state index is 11.4. The third-order valence-corrected chi connectivity index (χ3v) is 10.5. The number of hydrogen-bond acceptors (Lipinski definition) is 3. The highest BCUT2D eigenvalue weighted by molar-refractivity contribution is 6.81. The van der Waals surface area contributed by atoms with Crippen molar-refractivity contribution in [2.75, 3.05) is 13.2 Å². The van der Waals surface area contributed by atoms with Gasteiger partial charge in [0.15, 0.2) is 0 Å². The summed E-state index contributed by atoms with van der Waals surface area (Å²) in [7, 11) is -1.60. The molecule has 124 valence electrons. The first-order chi connectivity index (χ1) is 9.43. The van der Waals surface area contributed by atoms with Crippen molar-refractivity contribution in [3.63, 3.8) is 0 Å². The van der Waals surface area contributed by atoms with E-state index in [9.17, 15) is 9.90 Å². The molecule has 0 aromatic heterocycles. The molecule has 2 atom stereocenters. The van der Waals surface area contributed by atoms with Gasteiger partial charge in [-0.05, 0) is 18.4 Å². The van der Waals surface area contributed by atoms with E-state index in [0.29, 0.717) is 5.57 Å². The molecule has 0 aliphatic carbocycles. The minimum Gasteiger partial charge on any atom is -0.389 e. The van der Waals surface area contributed by atoms with Gasteiger partial charge in [0.1, 0.15) is 0 Å². The Labute approximate surface area is 131 Å². The van der Waals surface area contributed by atoms with E-state index in [2.05, 4.69) is 52.7 Å². The van der Waals surface area contributed by atoms with E-state index in [0.717, 1.165) is 6.42 Å². The van der Waals surface area contributed by atoms with Crippen LogP contribution in [0.5, 0.6) is 0 Å². The molecule has 0 aliphatic heterocycles. The number of carbonyl (C=O) groups excluding carboxylic acids is 1. The fourth-order valence-electron chi connectivity index (χ4n) is 1.97. The first kappa shape index (κ1) is 20.3. The monoisotopic (exact) mass is 315 g/mol. The molecule has 21 heavy (non-hydrogen) atoms. The minimum absolute atomic E-state index is 0.194. The summed E-state index contributed by atoms with van der Waals surface area (Å²) in [5, 5.41) is 12.8. The molecule has 1 amide bonds. The van der Waals surface area contributed by atoms with Crippen LogP contribution in [0.2, 0.25) is 18.1 Å². The Hall–Kier alpha value is -0.653. The molecule has 0 rings (SSSR count). The number of ether oxygens (including phenoxy) is 1. The SMILES string of the molecule is C=C(C)C(=O)NCC(O)COC(CC)[Si](C)(C)C(C)(C)C. The van der Waals surface area contributed by atoms with Gasteiger partial charge in [-0.25, -0.2) is 0 Å². The maximum Gasteiger partial charge on any atom is 0.246 e. The van der Waals surface area contributed by atoms with E-state index in [-0.39, 0.29) is 29.8 Å². The first-order valence-corrected chi connectivity index (χ1v) is 10.7.